The van der Waals surface area contributed by atoms with Crippen molar-refractivity contribution in [3.8, 4) is 17.2 Å². The zero-order valence-electron chi connectivity index (χ0n) is 23.7. The lowest BCUT2D eigenvalue weighted by Crippen LogP contribution is -2.31. The molecule has 1 aliphatic rings. The van der Waals surface area contributed by atoms with Gasteiger partial charge in [0.05, 0.1) is 25.3 Å². The van der Waals surface area contributed by atoms with Gasteiger partial charge < -0.3 is 29.7 Å². The number of ketones is 1. The van der Waals surface area contributed by atoms with E-state index in [1.165, 1.54) is 7.05 Å². The summed E-state index contributed by atoms with van der Waals surface area (Å²) in [5.74, 6) is 0.644. The van der Waals surface area contributed by atoms with Gasteiger partial charge in [-0.1, -0.05) is 20.8 Å². The fourth-order valence-electron chi connectivity index (χ4n) is 4.38. The summed E-state index contributed by atoms with van der Waals surface area (Å²) in [6.45, 7) is 12.7. The Morgan fingerprint density at radius 2 is 1.67 bits per heavy atom. The summed E-state index contributed by atoms with van der Waals surface area (Å²) in [7, 11) is 1.54. The SMILES string of the molecule is CCNC(=O)Oc1c(OCC)cc(C(=O)CN2Cc3cc(OCC)c(C(=O)NC)cc3C2=N)cc1C(C)(C)C. The van der Waals surface area contributed by atoms with Crippen molar-refractivity contribution in [2.45, 2.75) is 53.5 Å². The Kier molecular flexibility index (Phi) is 9.21. The zero-order chi connectivity index (χ0) is 28.9. The number of carbonyl (C=O) groups excluding carboxylic acids is 3. The maximum absolute atomic E-state index is 13.6. The molecule has 0 fully saturated rings. The number of nitrogens with one attached hydrogen (secondary N) is 3. The standard InChI is InChI=1S/C29H38N4O6/c1-8-32-28(36)39-25-21(29(4,5)6)11-17(12-24(25)38-10-3)22(34)16-33-15-18-13-23(37-9-2)20(27(35)31-7)14-19(18)26(33)30/h11-14,30H,8-10,15-16H2,1-7H3,(H,31,35)(H,32,36). The highest BCUT2D eigenvalue weighted by Crippen LogP contribution is 2.40. The van der Waals surface area contributed by atoms with Gasteiger partial charge in [-0.25, -0.2) is 4.79 Å². The summed E-state index contributed by atoms with van der Waals surface area (Å²) in [5.41, 5.74) is 2.30. The van der Waals surface area contributed by atoms with E-state index in [2.05, 4.69) is 10.6 Å². The Hall–Kier alpha value is -4.08. The Balaban J connectivity index is 1.95. The Morgan fingerprint density at radius 3 is 2.26 bits per heavy atom. The average molecular weight is 539 g/mol. The number of carbonyl (C=O) groups is 3. The summed E-state index contributed by atoms with van der Waals surface area (Å²) >= 11 is 0. The van der Waals surface area contributed by atoms with Crippen molar-refractivity contribution in [3.63, 3.8) is 0 Å². The molecule has 2 aromatic carbocycles. The molecule has 0 atom stereocenters. The van der Waals surface area contributed by atoms with Gasteiger partial charge in [0, 0.05) is 36.8 Å². The third-order valence-corrected chi connectivity index (χ3v) is 6.24. The van der Waals surface area contributed by atoms with E-state index in [-0.39, 0.29) is 29.8 Å². The van der Waals surface area contributed by atoms with Crippen LogP contribution in [-0.2, 0) is 12.0 Å². The maximum Gasteiger partial charge on any atom is 0.412 e. The molecule has 0 unspecified atom stereocenters. The smallest absolute Gasteiger partial charge is 0.412 e. The highest BCUT2D eigenvalue weighted by atomic mass is 16.6. The number of Topliss-reactive ketones (excluding diaryl/α,β-unsaturated/α-hetero) is 1. The lowest BCUT2D eigenvalue weighted by Gasteiger charge is -2.25. The molecule has 0 saturated carbocycles. The summed E-state index contributed by atoms with van der Waals surface area (Å²) < 4.78 is 17.1. The first-order valence-electron chi connectivity index (χ1n) is 13.1. The second-order valence-electron chi connectivity index (χ2n) is 10.1. The van der Waals surface area contributed by atoms with E-state index >= 15 is 0 Å². The van der Waals surface area contributed by atoms with Crippen LogP contribution in [0.1, 0.15) is 78.9 Å². The number of hydrogen-bond acceptors (Lipinski definition) is 7. The van der Waals surface area contributed by atoms with Crippen molar-refractivity contribution in [3.05, 3.63) is 52.1 Å². The topological polar surface area (TPSA) is 130 Å². The van der Waals surface area contributed by atoms with Gasteiger partial charge in [-0.2, -0.15) is 0 Å². The lowest BCUT2D eigenvalue weighted by molar-refractivity contribution is 0.0952. The largest absolute Gasteiger partial charge is 0.493 e. The van der Waals surface area contributed by atoms with E-state index in [1.54, 1.807) is 36.1 Å². The number of benzene rings is 2. The molecule has 0 spiro atoms. The van der Waals surface area contributed by atoms with Crippen LogP contribution in [0.5, 0.6) is 17.2 Å². The molecule has 39 heavy (non-hydrogen) atoms. The molecule has 1 heterocycles. The zero-order valence-corrected chi connectivity index (χ0v) is 23.7. The van der Waals surface area contributed by atoms with E-state index in [4.69, 9.17) is 19.6 Å². The first-order valence-corrected chi connectivity index (χ1v) is 13.1. The second kappa shape index (κ2) is 12.2. The number of rotatable bonds is 10. The number of hydrogen-bond donors (Lipinski definition) is 3. The summed E-state index contributed by atoms with van der Waals surface area (Å²) in [6.07, 6.45) is -0.603. The third-order valence-electron chi connectivity index (χ3n) is 6.24. The molecule has 0 bridgehead atoms. The molecule has 0 radical (unpaired) electrons. The van der Waals surface area contributed by atoms with Crippen LogP contribution < -0.4 is 24.8 Å². The fourth-order valence-corrected chi connectivity index (χ4v) is 4.38. The molecule has 210 valence electrons. The minimum atomic E-state index is -0.603. The molecule has 1 aliphatic heterocycles. The lowest BCUT2D eigenvalue weighted by atomic mass is 9.84. The maximum atomic E-state index is 13.6. The van der Waals surface area contributed by atoms with E-state index in [9.17, 15) is 14.4 Å². The van der Waals surface area contributed by atoms with Crippen molar-refractivity contribution in [2.24, 2.45) is 0 Å². The number of amidine groups is 1. The quantitative estimate of drug-likeness (QED) is 0.385. The van der Waals surface area contributed by atoms with E-state index in [1.807, 2.05) is 34.6 Å². The van der Waals surface area contributed by atoms with Gasteiger partial charge in [0.15, 0.2) is 17.3 Å². The average Bonchev–Trinajstić information content (AvgIpc) is 3.17. The molecular weight excluding hydrogens is 500 g/mol. The molecule has 0 saturated heterocycles. The second-order valence-corrected chi connectivity index (χ2v) is 10.1. The highest BCUT2D eigenvalue weighted by Gasteiger charge is 2.31. The van der Waals surface area contributed by atoms with Gasteiger partial charge in [0.25, 0.3) is 5.91 Å². The molecule has 10 heteroatoms. The molecule has 10 nitrogen and oxygen atoms in total. The van der Waals surface area contributed by atoms with Crippen molar-refractivity contribution in [1.29, 1.82) is 5.41 Å². The van der Waals surface area contributed by atoms with Crippen molar-refractivity contribution >= 4 is 23.6 Å². The fraction of sp³-hybridized carbons (Fsp3) is 0.448. The van der Waals surface area contributed by atoms with Crippen molar-refractivity contribution in [1.82, 2.24) is 15.5 Å². The van der Waals surface area contributed by atoms with E-state index in [0.717, 1.165) is 5.56 Å². The summed E-state index contributed by atoms with van der Waals surface area (Å²) in [6, 6.07) is 6.72. The third kappa shape index (κ3) is 6.50. The molecule has 3 N–H and O–H groups in total. The van der Waals surface area contributed by atoms with Crippen LogP contribution in [0.2, 0.25) is 0 Å². The minimum absolute atomic E-state index is 0.0571. The van der Waals surface area contributed by atoms with E-state index < -0.39 is 11.5 Å². The van der Waals surface area contributed by atoms with Crippen LogP contribution >= 0.6 is 0 Å². The normalized spacial score (nSPS) is 12.6. The van der Waals surface area contributed by atoms with Gasteiger partial charge in [0.1, 0.15) is 11.6 Å². The van der Waals surface area contributed by atoms with Crippen LogP contribution in [-0.4, -0.2) is 61.9 Å². The first kappa shape index (κ1) is 29.5. The van der Waals surface area contributed by atoms with E-state index in [0.29, 0.717) is 60.1 Å². The minimum Gasteiger partial charge on any atom is -0.493 e. The van der Waals surface area contributed by atoms with Gasteiger partial charge in [-0.05, 0) is 56.0 Å². The predicted molar refractivity (Wildman–Crippen MR) is 149 cm³/mol. The molecule has 2 aromatic rings. The number of nitrogens with zero attached hydrogens (tertiary/aromatic N) is 1. The molecular formula is C29H38N4O6. The van der Waals surface area contributed by atoms with Gasteiger partial charge in [-0.3, -0.25) is 15.0 Å². The Bertz CT molecular complexity index is 1280. The summed E-state index contributed by atoms with van der Waals surface area (Å²) in [5, 5.41) is 13.9. The van der Waals surface area contributed by atoms with Crippen LogP contribution in [0.15, 0.2) is 24.3 Å². The van der Waals surface area contributed by atoms with Crippen LogP contribution in [0.4, 0.5) is 4.79 Å². The number of fused-ring (bicyclic) bond motifs is 1. The molecule has 3 rings (SSSR count). The Labute approximate surface area is 229 Å². The Morgan fingerprint density at radius 1 is 1.00 bits per heavy atom. The number of amides is 2. The van der Waals surface area contributed by atoms with Gasteiger partial charge in [0.2, 0.25) is 0 Å². The molecule has 2 amide bonds. The van der Waals surface area contributed by atoms with Crippen LogP contribution in [0, 0.1) is 5.41 Å². The molecule has 0 aliphatic carbocycles. The van der Waals surface area contributed by atoms with Gasteiger partial charge >= 0.3 is 6.09 Å². The van der Waals surface area contributed by atoms with Crippen LogP contribution in [0.3, 0.4) is 0 Å². The number of ether oxygens (including phenoxy) is 3. The van der Waals surface area contributed by atoms with Gasteiger partial charge in [-0.15, -0.1) is 0 Å². The summed E-state index contributed by atoms with van der Waals surface area (Å²) in [4.78, 5) is 39.9. The highest BCUT2D eigenvalue weighted by molar-refractivity contribution is 6.07. The van der Waals surface area contributed by atoms with Crippen LogP contribution in [0.25, 0.3) is 0 Å². The first-order chi connectivity index (χ1) is 18.4. The van der Waals surface area contributed by atoms with Crippen molar-refractivity contribution < 1.29 is 28.6 Å². The van der Waals surface area contributed by atoms with Crippen molar-refractivity contribution in [2.75, 3.05) is 33.4 Å². The predicted octanol–water partition coefficient (Wildman–Crippen LogP) is 4.27. The molecule has 0 aromatic heterocycles. The monoisotopic (exact) mass is 538 g/mol.